The topological polar surface area (TPSA) is 30.5 Å². The summed E-state index contributed by atoms with van der Waals surface area (Å²) in [5, 5.41) is 3.48. The highest BCUT2D eigenvalue weighted by Gasteiger charge is 2.10. The molecule has 1 N–H and O–H groups in total. The molecule has 2 aromatic rings. The van der Waals surface area contributed by atoms with Gasteiger partial charge in [-0.15, -0.1) is 0 Å². The molecule has 2 aromatic carbocycles. The minimum absolute atomic E-state index is 0.722. The summed E-state index contributed by atoms with van der Waals surface area (Å²) >= 11 is 2.33. The van der Waals surface area contributed by atoms with Crippen molar-refractivity contribution in [2.24, 2.45) is 0 Å². The Bertz CT molecular complexity index is 643. The van der Waals surface area contributed by atoms with Gasteiger partial charge in [0, 0.05) is 22.2 Å². The van der Waals surface area contributed by atoms with Gasteiger partial charge in [-0.1, -0.05) is 6.07 Å². The monoisotopic (exact) mass is 395 g/mol. The number of nitrogens with one attached hydrogen (secondary N) is 1. The summed E-state index contributed by atoms with van der Waals surface area (Å²) in [5.41, 5.74) is 3.62. The molecular weight excluding hydrogens is 377 g/mol. The van der Waals surface area contributed by atoms with Gasteiger partial charge in [-0.25, -0.2) is 0 Å². The van der Waals surface area contributed by atoms with E-state index in [4.69, 9.17) is 9.47 Å². The fraction of sp³-hybridized carbons (Fsp3) is 0.294. The van der Waals surface area contributed by atoms with E-state index in [-0.39, 0.29) is 0 Å². The van der Waals surface area contributed by atoms with E-state index in [1.165, 1.54) is 20.4 Å². The molecule has 3 rings (SSSR count). The van der Waals surface area contributed by atoms with Gasteiger partial charge in [0.25, 0.3) is 0 Å². The molecule has 3 nitrogen and oxygen atoms in total. The lowest BCUT2D eigenvalue weighted by molar-refractivity contribution is 0.297. The Morgan fingerprint density at radius 1 is 1.05 bits per heavy atom. The van der Waals surface area contributed by atoms with Crippen LogP contribution >= 0.6 is 22.6 Å². The zero-order valence-electron chi connectivity index (χ0n) is 12.0. The third-order valence-electron chi connectivity index (χ3n) is 3.48. The number of benzene rings is 2. The lowest BCUT2D eigenvalue weighted by Gasteiger charge is -2.12. The smallest absolute Gasteiger partial charge is 0.161 e. The summed E-state index contributed by atoms with van der Waals surface area (Å²) in [6, 6.07) is 12.6. The Labute approximate surface area is 138 Å². The van der Waals surface area contributed by atoms with Crippen molar-refractivity contribution in [3.05, 3.63) is 51.1 Å². The van der Waals surface area contributed by atoms with Crippen LogP contribution in [0.5, 0.6) is 11.5 Å². The van der Waals surface area contributed by atoms with Gasteiger partial charge in [0.15, 0.2) is 11.5 Å². The summed E-state index contributed by atoms with van der Waals surface area (Å²) in [5.74, 6) is 1.70. The standard InChI is InChI=1S/C17H18INO2/c1-12-9-14(18)4-5-15(12)19-11-13-3-6-16-17(10-13)21-8-2-7-20-16/h3-6,9-10,19H,2,7-8,11H2,1H3. The average Bonchev–Trinajstić information content (AvgIpc) is 2.71. The zero-order valence-corrected chi connectivity index (χ0v) is 14.1. The highest BCUT2D eigenvalue weighted by atomic mass is 127. The van der Waals surface area contributed by atoms with Gasteiger partial charge in [-0.2, -0.15) is 0 Å². The summed E-state index contributed by atoms with van der Waals surface area (Å²) < 4.78 is 12.6. The van der Waals surface area contributed by atoms with Crippen LogP contribution in [0.1, 0.15) is 17.5 Å². The predicted octanol–water partition coefficient (Wildman–Crippen LogP) is 4.37. The molecule has 4 heteroatoms. The van der Waals surface area contributed by atoms with Gasteiger partial charge < -0.3 is 14.8 Å². The van der Waals surface area contributed by atoms with Gasteiger partial charge in [0.05, 0.1) is 13.2 Å². The van der Waals surface area contributed by atoms with Crippen LogP contribution in [0.4, 0.5) is 5.69 Å². The van der Waals surface area contributed by atoms with Crippen molar-refractivity contribution in [3.8, 4) is 11.5 Å². The quantitative estimate of drug-likeness (QED) is 0.783. The number of fused-ring (bicyclic) bond motifs is 1. The van der Waals surface area contributed by atoms with E-state index in [0.717, 1.165) is 37.7 Å². The third-order valence-corrected chi connectivity index (χ3v) is 4.15. The van der Waals surface area contributed by atoms with Crippen LogP contribution in [0.3, 0.4) is 0 Å². The maximum Gasteiger partial charge on any atom is 0.161 e. The summed E-state index contributed by atoms with van der Waals surface area (Å²) in [4.78, 5) is 0. The Hall–Kier alpha value is -1.43. The van der Waals surface area contributed by atoms with Crippen LogP contribution in [-0.2, 0) is 6.54 Å². The molecule has 0 bridgehead atoms. The largest absolute Gasteiger partial charge is 0.490 e. The Morgan fingerprint density at radius 2 is 1.86 bits per heavy atom. The minimum atomic E-state index is 0.722. The van der Waals surface area contributed by atoms with Gasteiger partial charge >= 0.3 is 0 Å². The molecule has 0 amide bonds. The third kappa shape index (κ3) is 3.61. The SMILES string of the molecule is Cc1cc(I)ccc1NCc1ccc2c(c1)OCCCO2. The molecule has 0 radical (unpaired) electrons. The first-order valence-electron chi connectivity index (χ1n) is 7.11. The van der Waals surface area contributed by atoms with E-state index in [9.17, 15) is 0 Å². The highest BCUT2D eigenvalue weighted by molar-refractivity contribution is 14.1. The van der Waals surface area contributed by atoms with E-state index in [1.54, 1.807) is 0 Å². The van der Waals surface area contributed by atoms with Crippen LogP contribution < -0.4 is 14.8 Å². The summed E-state index contributed by atoms with van der Waals surface area (Å²) in [6.07, 6.45) is 0.935. The predicted molar refractivity (Wildman–Crippen MR) is 93.3 cm³/mol. The van der Waals surface area contributed by atoms with E-state index in [0.29, 0.717) is 0 Å². The van der Waals surface area contributed by atoms with Crippen molar-refractivity contribution < 1.29 is 9.47 Å². The molecule has 1 aliphatic heterocycles. The Balaban J connectivity index is 1.72. The molecule has 0 aromatic heterocycles. The van der Waals surface area contributed by atoms with Crippen LogP contribution in [0, 0.1) is 10.5 Å². The first-order chi connectivity index (χ1) is 10.2. The van der Waals surface area contributed by atoms with E-state index >= 15 is 0 Å². The normalized spacial score (nSPS) is 13.6. The fourth-order valence-electron chi connectivity index (χ4n) is 2.34. The lowest BCUT2D eigenvalue weighted by Crippen LogP contribution is -2.02. The van der Waals surface area contributed by atoms with Crippen molar-refractivity contribution in [2.75, 3.05) is 18.5 Å². The molecule has 0 unspecified atom stereocenters. The minimum Gasteiger partial charge on any atom is -0.490 e. The molecular formula is C17H18INO2. The molecule has 21 heavy (non-hydrogen) atoms. The number of anilines is 1. The van der Waals surface area contributed by atoms with Crippen LogP contribution in [0.2, 0.25) is 0 Å². The van der Waals surface area contributed by atoms with E-state index < -0.39 is 0 Å². The second kappa shape index (κ2) is 6.56. The fourth-order valence-corrected chi connectivity index (χ4v) is 2.99. The van der Waals surface area contributed by atoms with Crippen LogP contribution in [0.15, 0.2) is 36.4 Å². The van der Waals surface area contributed by atoms with Gasteiger partial charge in [0.2, 0.25) is 0 Å². The van der Waals surface area contributed by atoms with E-state index in [1.807, 2.05) is 6.07 Å². The summed E-state index contributed by atoms with van der Waals surface area (Å²) in [6.45, 7) is 4.35. The Kier molecular flexibility index (Phi) is 4.53. The van der Waals surface area contributed by atoms with Crippen molar-refractivity contribution in [1.82, 2.24) is 0 Å². The Morgan fingerprint density at radius 3 is 2.67 bits per heavy atom. The average molecular weight is 395 g/mol. The maximum absolute atomic E-state index is 5.73. The van der Waals surface area contributed by atoms with Gasteiger partial charge in [0.1, 0.15) is 0 Å². The number of hydrogen-bond acceptors (Lipinski definition) is 3. The van der Waals surface area contributed by atoms with Crippen molar-refractivity contribution >= 4 is 28.3 Å². The lowest BCUT2D eigenvalue weighted by atomic mass is 10.1. The second-order valence-electron chi connectivity index (χ2n) is 5.14. The van der Waals surface area contributed by atoms with Crippen molar-refractivity contribution in [1.29, 1.82) is 0 Å². The number of halogens is 1. The van der Waals surface area contributed by atoms with Gasteiger partial charge in [-0.05, 0) is 71.0 Å². The molecule has 1 heterocycles. The second-order valence-corrected chi connectivity index (χ2v) is 6.39. The molecule has 0 fully saturated rings. The molecule has 0 aliphatic carbocycles. The summed E-state index contributed by atoms with van der Waals surface area (Å²) in [7, 11) is 0. The van der Waals surface area contributed by atoms with Gasteiger partial charge in [-0.3, -0.25) is 0 Å². The first-order valence-corrected chi connectivity index (χ1v) is 8.19. The number of aryl methyl sites for hydroxylation is 1. The maximum atomic E-state index is 5.73. The van der Waals surface area contributed by atoms with E-state index in [2.05, 4.69) is 65.2 Å². The number of rotatable bonds is 3. The first kappa shape index (κ1) is 14.5. The molecule has 0 atom stereocenters. The van der Waals surface area contributed by atoms with Crippen molar-refractivity contribution in [2.45, 2.75) is 19.9 Å². The molecule has 1 aliphatic rings. The number of hydrogen-bond donors (Lipinski definition) is 1. The molecule has 110 valence electrons. The van der Waals surface area contributed by atoms with Crippen molar-refractivity contribution in [3.63, 3.8) is 0 Å². The molecule has 0 saturated carbocycles. The zero-order chi connectivity index (χ0) is 14.7. The molecule has 0 saturated heterocycles. The van der Waals surface area contributed by atoms with Crippen LogP contribution in [-0.4, -0.2) is 13.2 Å². The molecule has 0 spiro atoms. The van der Waals surface area contributed by atoms with Crippen LogP contribution in [0.25, 0.3) is 0 Å². The highest BCUT2D eigenvalue weighted by Crippen LogP contribution is 2.30. The number of ether oxygens (including phenoxy) is 2.